The fourth-order valence-corrected chi connectivity index (χ4v) is 50.6. The van der Waals surface area contributed by atoms with Gasteiger partial charge in [-0.25, -0.2) is 0 Å². The molecule has 3 aliphatic rings. The van der Waals surface area contributed by atoms with Gasteiger partial charge in [-0.05, 0) is 0 Å². The molecule has 1 aliphatic heterocycles. The molecule has 6 aromatic carbocycles. The van der Waals surface area contributed by atoms with Crippen LogP contribution in [0.5, 0.6) is 0 Å². The van der Waals surface area contributed by atoms with Gasteiger partial charge in [0, 0.05) is 0 Å². The van der Waals surface area contributed by atoms with E-state index in [0.29, 0.717) is 0 Å². The summed E-state index contributed by atoms with van der Waals surface area (Å²) in [4.78, 5) is 0. The molecule has 0 N–H and O–H groups in total. The van der Waals surface area contributed by atoms with Crippen LogP contribution in [0.2, 0.25) is 0 Å². The average molecular weight is 1010 g/mol. The maximum atomic E-state index is 9.40. The molecule has 0 bridgehead atoms. The van der Waals surface area contributed by atoms with Gasteiger partial charge in [-0.3, -0.25) is 0 Å². The topological polar surface area (TPSA) is 0 Å². The van der Waals surface area contributed by atoms with Gasteiger partial charge in [0.2, 0.25) is 0 Å². The van der Waals surface area contributed by atoms with Crippen molar-refractivity contribution in [3.63, 3.8) is 0 Å². The van der Waals surface area contributed by atoms with Crippen molar-refractivity contribution in [2.75, 3.05) is 0 Å². The van der Waals surface area contributed by atoms with Crippen molar-refractivity contribution < 1.29 is 16.1 Å². The second kappa shape index (κ2) is 17.3. The van der Waals surface area contributed by atoms with Crippen LogP contribution in [0.3, 0.4) is 0 Å². The summed E-state index contributed by atoms with van der Waals surface area (Å²) in [5.41, 5.74) is 19.2. The molecular formula is C56H59Cl2HfSi. The Labute approximate surface area is 370 Å². The number of halogens is 2. The summed E-state index contributed by atoms with van der Waals surface area (Å²) in [7, 11) is 17.9. The second-order valence-corrected chi connectivity index (χ2v) is 48.9. The van der Waals surface area contributed by atoms with Crippen molar-refractivity contribution in [3.05, 3.63) is 172 Å². The van der Waals surface area contributed by atoms with Crippen LogP contribution in [0.15, 0.2) is 139 Å². The Morgan fingerprint density at radius 2 is 0.900 bits per heavy atom. The molecule has 0 fully saturated rings. The zero-order valence-corrected chi connectivity index (χ0v) is 42.5. The van der Waals surface area contributed by atoms with E-state index in [1.807, 2.05) is 0 Å². The Hall–Kier alpha value is -3.53. The Kier molecular flexibility index (Phi) is 12.1. The average Bonchev–Trinajstić information content (AvgIpc) is 3.97. The van der Waals surface area contributed by atoms with E-state index in [0.717, 1.165) is 38.5 Å². The standard InChI is InChI=1S/2C22H25.C12H9Si.2ClH.Hf/c2*1-3-5-10-18-11-6-7-13-20(18)21-14-8-12-19-15-17(9-4-2)16-22(19)21;1-3-7-11-9(5-1)10-6-2-4-8-12(10)13-11;;;/h2*6-8,11-16H,3-5,9-10H2,1-2H3;1-7H,13H2;2*1H;/q;;;;;+2/p-2. The molecule has 0 spiro atoms. The van der Waals surface area contributed by atoms with E-state index < -0.39 is 25.7 Å². The molecule has 0 radical (unpaired) electrons. The van der Waals surface area contributed by atoms with Crippen LogP contribution in [-0.2, 0) is 29.0 Å². The van der Waals surface area contributed by atoms with Gasteiger partial charge in [-0.15, -0.1) is 0 Å². The van der Waals surface area contributed by atoms with Crippen LogP contribution in [0.1, 0.15) is 120 Å². The normalized spacial score (nSPS) is 17.4. The molecule has 0 amide bonds. The van der Waals surface area contributed by atoms with Crippen molar-refractivity contribution in [3.8, 4) is 33.4 Å². The van der Waals surface area contributed by atoms with Crippen LogP contribution in [0.4, 0.5) is 0 Å². The van der Waals surface area contributed by atoms with Gasteiger partial charge in [0.1, 0.15) is 0 Å². The Bertz CT molecular complexity index is 2520. The Balaban J connectivity index is 1.34. The molecule has 9 rings (SSSR count). The summed E-state index contributed by atoms with van der Waals surface area (Å²) in [5, 5.41) is 3.01. The SMILES string of the molecule is CCCCc1ccccc1-c1cccc2c1C=C(CCC)[CH]2[Hf]([Cl])([Cl])([c]1cccc2c1[SiH2]c1ccccc1-2)[CH]1C(CCC)=Cc2c(-c3ccccc3CCCC)cccc21. The summed E-state index contributed by atoms with van der Waals surface area (Å²) >= 11 is -5.78. The minimum absolute atomic E-state index is 0.0519. The molecule has 0 nitrogen and oxygen atoms in total. The molecule has 2 unspecified atom stereocenters. The van der Waals surface area contributed by atoms with E-state index in [4.69, 9.17) is 0 Å². The first kappa shape index (κ1) is 41.8. The van der Waals surface area contributed by atoms with Crippen LogP contribution >= 0.6 is 17.2 Å². The number of unbranched alkanes of at least 4 members (excludes halogenated alkanes) is 2. The third-order valence-corrected chi connectivity index (χ3v) is 45.8. The number of hydrogen-bond acceptors (Lipinski definition) is 0. The molecule has 0 saturated heterocycles. The first-order chi connectivity index (χ1) is 29.3. The van der Waals surface area contributed by atoms with Crippen LogP contribution < -0.4 is 13.7 Å². The third-order valence-electron chi connectivity index (χ3n) is 14.0. The van der Waals surface area contributed by atoms with E-state index in [2.05, 4.69) is 167 Å². The van der Waals surface area contributed by atoms with E-state index in [-0.39, 0.29) is 7.35 Å². The number of benzene rings is 6. The first-order valence-corrected chi connectivity index (χ1v) is 39.2. The molecule has 1 heterocycles. The van der Waals surface area contributed by atoms with E-state index in [1.165, 1.54) is 117 Å². The van der Waals surface area contributed by atoms with E-state index in [1.54, 1.807) is 0 Å². The number of aryl methyl sites for hydroxylation is 2. The molecule has 305 valence electrons. The van der Waals surface area contributed by atoms with Gasteiger partial charge in [0.25, 0.3) is 0 Å². The maximum absolute atomic E-state index is 9.40. The predicted octanol–water partition coefficient (Wildman–Crippen LogP) is 14.3. The van der Waals surface area contributed by atoms with Gasteiger partial charge >= 0.3 is 373 Å². The quantitative estimate of drug-likeness (QED) is 0.0898. The fraction of sp³-hybridized carbons (Fsp3) is 0.286. The van der Waals surface area contributed by atoms with E-state index >= 15 is 0 Å². The van der Waals surface area contributed by atoms with Crippen molar-refractivity contribution in [1.82, 2.24) is 0 Å². The zero-order valence-electron chi connectivity index (χ0n) is 36.0. The van der Waals surface area contributed by atoms with Gasteiger partial charge in [-0.2, -0.15) is 0 Å². The summed E-state index contributed by atoms with van der Waals surface area (Å²) in [6.45, 7) is 9.24. The molecule has 0 saturated carbocycles. The van der Waals surface area contributed by atoms with Gasteiger partial charge < -0.3 is 0 Å². The third kappa shape index (κ3) is 6.97. The molecule has 6 aromatic rings. The second-order valence-electron chi connectivity index (χ2n) is 17.8. The van der Waals surface area contributed by atoms with Gasteiger partial charge in [0.05, 0.1) is 0 Å². The molecular weight excluding hydrogens is 950 g/mol. The van der Waals surface area contributed by atoms with Gasteiger partial charge in [0.15, 0.2) is 0 Å². The first-order valence-electron chi connectivity index (χ1n) is 22.9. The summed E-state index contributed by atoms with van der Waals surface area (Å²) in [5.74, 6) is 0. The Morgan fingerprint density at radius 3 is 1.42 bits per heavy atom. The molecule has 2 atom stereocenters. The molecule has 4 heteroatoms. The number of fused-ring (bicyclic) bond motifs is 5. The van der Waals surface area contributed by atoms with E-state index in [9.17, 15) is 17.2 Å². The van der Waals surface area contributed by atoms with Crippen molar-refractivity contribution in [2.24, 2.45) is 0 Å². The predicted molar refractivity (Wildman–Crippen MR) is 263 cm³/mol. The van der Waals surface area contributed by atoms with Crippen molar-refractivity contribution >= 4 is 52.5 Å². The minimum atomic E-state index is -5.78. The zero-order chi connectivity index (χ0) is 41.5. The van der Waals surface area contributed by atoms with Crippen molar-refractivity contribution in [1.29, 1.82) is 0 Å². The molecule has 0 aromatic heterocycles. The monoisotopic (exact) mass is 1010 g/mol. The summed E-state index contributed by atoms with van der Waals surface area (Å²) < 4.78 is 1.23. The number of hydrogen-bond donors (Lipinski definition) is 0. The van der Waals surface area contributed by atoms with Crippen LogP contribution in [0.25, 0.3) is 45.5 Å². The van der Waals surface area contributed by atoms with Crippen LogP contribution in [-0.4, -0.2) is 9.52 Å². The number of rotatable bonds is 15. The molecule has 2 aliphatic carbocycles. The fourth-order valence-electron chi connectivity index (χ4n) is 11.5. The van der Waals surface area contributed by atoms with Crippen molar-refractivity contribution in [2.45, 2.75) is 99.3 Å². The summed E-state index contributed by atoms with van der Waals surface area (Å²) in [6, 6.07) is 48.6. The number of allylic oxidation sites excluding steroid dienone is 2. The molecule has 60 heavy (non-hydrogen) atoms. The summed E-state index contributed by atoms with van der Waals surface area (Å²) in [6.07, 6.45) is 16.0. The van der Waals surface area contributed by atoms with Gasteiger partial charge in [-0.1, -0.05) is 0 Å². The Morgan fingerprint density at radius 1 is 0.450 bits per heavy atom. The van der Waals surface area contributed by atoms with Crippen LogP contribution in [0, 0.1) is 0 Å².